The van der Waals surface area contributed by atoms with E-state index >= 15 is 0 Å². The Balaban J connectivity index is 2.10. The molecule has 0 saturated heterocycles. The van der Waals surface area contributed by atoms with Gasteiger partial charge in [0.05, 0.1) is 18.0 Å². The first kappa shape index (κ1) is 16.5. The van der Waals surface area contributed by atoms with Crippen LogP contribution in [0.2, 0.25) is 5.02 Å². The molecule has 1 aromatic heterocycles. The van der Waals surface area contributed by atoms with E-state index in [0.29, 0.717) is 21.4 Å². The van der Waals surface area contributed by atoms with Gasteiger partial charge in [0.15, 0.2) is 0 Å². The third kappa shape index (κ3) is 3.84. The van der Waals surface area contributed by atoms with E-state index in [9.17, 15) is 9.59 Å². The van der Waals surface area contributed by atoms with Crippen LogP contribution in [-0.4, -0.2) is 22.0 Å². The number of aliphatic carboxylic acids is 1. The van der Waals surface area contributed by atoms with Gasteiger partial charge in [0.25, 0.3) is 0 Å². The lowest BCUT2D eigenvalue weighted by atomic mass is 10.1. The maximum Gasteiger partial charge on any atom is 0.309 e. The van der Waals surface area contributed by atoms with E-state index in [-0.39, 0.29) is 12.3 Å². The van der Waals surface area contributed by atoms with Crippen molar-refractivity contribution in [2.24, 2.45) is 0 Å². The van der Waals surface area contributed by atoms with Crippen LogP contribution in [0.25, 0.3) is 0 Å². The number of nitrogens with one attached hydrogen (secondary N) is 1. The van der Waals surface area contributed by atoms with E-state index in [1.165, 1.54) is 11.3 Å². The van der Waals surface area contributed by atoms with Crippen LogP contribution >= 0.6 is 22.9 Å². The molecule has 5 nitrogen and oxygen atoms in total. The molecule has 2 N–H and O–H groups in total. The van der Waals surface area contributed by atoms with E-state index in [1.54, 1.807) is 30.5 Å². The molecule has 2 aromatic rings. The number of carbonyl (C=O) groups is 2. The van der Waals surface area contributed by atoms with Crippen molar-refractivity contribution in [3.8, 4) is 0 Å². The third-order valence-corrected chi connectivity index (χ3v) is 4.68. The smallest absolute Gasteiger partial charge is 0.309 e. The molecule has 0 radical (unpaired) electrons. The van der Waals surface area contributed by atoms with Gasteiger partial charge >= 0.3 is 5.97 Å². The molecule has 0 aliphatic carbocycles. The molecule has 0 bridgehead atoms. The molecule has 0 aliphatic heterocycles. The summed E-state index contributed by atoms with van der Waals surface area (Å²) in [5.74, 6) is -1.61. The molecule has 1 amide bonds. The van der Waals surface area contributed by atoms with Crippen molar-refractivity contribution in [1.82, 2.24) is 4.98 Å². The van der Waals surface area contributed by atoms with Gasteiger partial charge in [-0.25, -0.2) is 4.98 Å². The third-order valence-electron chi connectivity index (χ3n) is 3.19. The number of hydrogen-bond acceptors (Lipinski definition) is 4. The lowest BCUT2D eigenvalue weighted by Crippen LogP contribution is -2.19. The summed E-state index contributed by atoms with van der Waals surface area (Å²) in [6.07, 6.45) is -0.141. The lowest BCUT2D eigenvalue weighted by molar-refractivity contribution is -0.136. The number of carboxylic acids is 1. The van der Waals surface area contributed by atoms with Gasteiger partial charge in [-0.3, -0.25) is 9.59 Å². The van der Waals surface area contributed by atoms with E-state index in [2.05, 4.69) is 10.3 Å². The molecule has 22 heavy (non-hydrogen) atoms. The predicted octanol–water partition coefficient (Wildman–Crippen LogP) is 3.47. The van der Waals surface area contributed by atoms with Crippen LogP contribution in [0.1, 0.15) is 29.1 Å². The molecule has 0 unspecified atom stereocenters. The Morgan fingerprint density at radius 3 is 2.86 bits per heavy atom. The van der Waals surface area contributed by atoms with Gasteiger partial charge in [0, 0.05) is 16.1 Å². The number of benzene rings is 1. The minimum absolute atomic E-state index is 0.141. The first-order valence-corrected chi connectivity index (χ1v) is 7.86. The minimum atomic E-state index is -0.941. The Morgan fingerprint density at radius 2 is 2.18 bits per heavy atom. The highest BCUT2D eigenvalue weighted by molar-refractivity contribution is 7.09. The second kappa shape index (κ2) is 6.89. The minimum Gasteiger partial charge on any atom is -0.481 e. The van der Waals surface area contributed by atoms with Crippen LogP contribution in [0.5, 0.6) is 0 Å². The number of amides is 1. The van der Waals surface area contributed by atoms with Crippen molar-refractivity contribution in [2.45, 2.75) is 26.2 Å². The molecule has 2 rings (SSSR count). The number of hydrogen-bond donors (Lipinski definition) is 2. The Bertz CT molecular complexity index is 715. The monoisotopic (exact) mass is 338 g/mol. The van der Waals surface area contributed by atoms with E-state index in [1.807, 2.05) is 6.92 Å². The zero-order chi connectivity index (χ0) is 16.3. The Morgan fingerprint density at radius 1 is 1.45 bits per heavy atom. The fourth-order valence-corrected chi connectivity index (χ4v) is 2.90. The first-order valence-electron chi connectivity index (χ1n) is 6.60. The molecule has 0 saturated carbocycles. The largest absolute Gasteiger partial charge is 0.481 e. The predicted molar refractivity (Wildman–Crippen MR) is 86.7 cm³/mol. The lowest BCUT2D eigenvalue weighted by Gasteiger charge is -2.12. The topological polar surface area (TPSA) is 79.3 Å². The number of rotatable bonds is 5. The molecule has 0 spiro atoms. The quantitative estimate of drug-likeness (QED) is 0.874. The van der Waals surface area contributed by atoms with Gasteiger partial charge in [0.1, 0.15) is 5.01 Å². The molecule has 116 valence electrons. The van der Waals surface area contributed by atoms with Crippen LogP contribution < -0.4 is 5.32 Å². The first-order chi connectivity index (χ1) is 10.4. The van der Waals surface area contributed by atoms with Gasteiger partial charge in [-0.05, 0) is 31.5 Å². The number of anilines is 1. The van der Waals surface area contributed by atoms with Crippen LogP contribution in [-0.2, 0) is 16.0 Å². The molecular formula is C15H15ClN2O3S. The Labute approximate surface area is 137 Å². The average molecular weight is 339 g/mol. The van der Waals surface area contributed by atoms with Gasteiger partial charge in [0.2, 0.25) is 5.91 Å². The highest BCUT2D eigenvalue weighted by atomic mass is 35.5. The van der Waals surface area contributed by atoms with Crippen molar-refractivity contribution in [1.29, 1.82) is 0 Å². The van der Waals surface area contributed by atoms with E-state index in [4.69, 9.17) is 16.7 Å². The standard InChI is InChI=1S/C15H15ClN2O3S/c1-8-11(16)4-3-5-12(8)18-14(21)9(2)15-17-10(7-22-15)6-13(19)20/h3-5,7,9H,6H2,1-2H3,(H,18,21)(H,19,20)/t9-/m1/s1. The molecule has 0 fully saturated rings. The summed E-state index contributed by atoms with van der Waals surface area (Å²) in [5.41, 5.74) is 1.92. The summed E-state index contributed by atoms with van der Waals surface area (Å²) in [6, 6.07) is 5.31. The van der Waals surface area contributed by atoms with Crippen LogP contribution in [0.4, 0.5) is 5.69 Å². The number of carboxylic acid groups (broad SMARTS) is 1. The van der Waals surface area contributed by atoms with Crippen molar-refractivity contribution in [3.63, 3.8) is 0 Å². The van der Waals surface area contributed by atoms with Crippen LogP contribution in [0.3, 0.4) is 0 Å². The van der Waals surface area contributed by atoms with Crippen molar-refractivity contribution < 1.29 is 14.7 Å². The maximum absolute atomic E-state index is 12.3. The number of halogens is 1. The SMILES string of the molecule is Cc1c(Cl)cccc1NC(=O)[C@@H](C)c1nc(CC(=O)O)cs1. The summed E-state index contributed by atoms with van der Waals surface area (Å²) < 4.78 is 0. The van der Waals surface area contributed by atoms with Gasteiger partial charge in [-0.2, -0.15) is 0 Å². The maximum atomic E-state index is 12.3. The Hall–Kier alpha value is -1.92. The van der Waals surface area contributed by atoms with Crippen LogP contribution in [0.15, 0.2) is 23.6 Å². The fraction of sp³-hybridized carbons (Fsp3) is 0.267. The van der Waals surface area contributed by atoms with Crippen molar-refractivity contribution in [2.75, 3.05) is 5.32 Å². The van der Waals surface area contributed by atoms with Gasteiger partial charge in [-0.15, -0.1) is 11.3 Å². The summed E-state index contributed by atoms with van der Waals surface area (Å²) in [4.78, 5) is 27.2. The van der Waals surface area contributed by atoms with E-state index in [0.717, 1.165) is 5.56 Å². The highest BCUT2D eigenvalue weighted by Gasteiger charge is 2.20. The fourth-order valence-electron chi connectivity index (χ4n) is 1.85. The molecular weight excluding hydrogens is 324 g/mol. The van der Waals surface area contributed by atoms with Gasteiger partial charge in [-0.1, -0.05) is 17.7 Å². The number of nitrogens with zero attached hydrogens (tertiary/aromatic N) is 1. The number of thiazole rings is 1. The second-order valence-electron chi connectivity index (χ2n) is 4.87. The van der Waals surface area contributed by atoms with Crippen LogP contribution in [0, 0.1) is 6.92 Å². The highest BCUT2D eigenvalue weighted by Crippen LogP contribution is 2.26. The average Bonchev–Trinajstić information content (AvgIpc) is 2.90. The number of carbonyl (C=O) groups excluding carboxylic acids is 1. The summed E-state index contributed by atoms with van der Waals surface area (Å²) in [7, 11) is 0. The molecule has 1 atom stereocenters. The normalized spacial score (nSPS) is 12.0. The molecule has 7 heteroatoms. The van der Waals surface area contributed by atoms with E-state index < -0.39 is 11.9 Å². The summed E-state index contributed by atoms with van der Waals surface area (Å²) in [6.45, 7) is 3.57. The zero-order valence-corrected chi connectivity index (χ0v) is 13.7. The molecule has 1 aromatic carbocycles. The zero-order valence-electron chi connectivity index (χ0n) is 12.1. The summed E-state index contributed by atoms with van der Waals surface area (Å²) >= 11 is 7.31. The summed E-state index contributed by atoms with van der Waals surface area (Å²) in [5, 5.41) is 14.4. The van der Waals surface area contributed by atoms with Crippen molar-refractivity contribution in [3.05, 3.63) is 44.9 Å². The second-order valence-corrected chi connectivity index (χ2v) is 6.17. The van der Waals surface area contributed by atoms with Gasteiger partial charge < -0.3 is 10.4 Å². The molecule has 0 aliphatic rings. The van der Waals surface area contributed by atoms with Crippen molar-refractivity contribution >= 4 is 40.5 Å². The number of aromatic nitrogens is 1. The molecule has 1 heterocycles. The Kier molecular flexibility index (Phi) is 5.15.